The molecular formula is C19H20F3NO3. The average Bonchev–Trinajstić information content (AvgIpc) is 2.87. The van der Waals surface area contributed by atoms with Crippen molar-refractivity contribution in [2.75, 3.05) is 7.11 Å². The Morgan fingerprint density at radius 2 is 1.81 bits per heavy atom. The predicted molar refractivity (Wildman–Crippen MR) is 86.0 cm³/mol. The van der Waals surface area contributed by atoms with Gasteiger partial charge in [0.1, 0.15) is 5.54 Å². The van der Waals surface area contributed by atoms with Gasteiger partial charge in [0.15, 0.2) is 0 Å². The quantitative estimate of drug-likeness (QED) is 0.715. The van der Waals surface area contributed by atoms with Crippen molar-refractivity contribution < 1.29 is 27.5 Å². The van der Waals surface area contributed by atoms with Gasteiger partial charge in [0, 0.05) is 5.92 Å². The van der Waals surface area contributed by atoms with Crippen LogP contribution in [-0.2, 0) is 14.3 Å². The van der Waals surface area contributed by atoms with Gasteiger partial charge in [-0.2, -0.15) is 13.2 Å². The zero-order valence-corrected chi connectivity index (χ0v) is 14.7. The topological polar surface area (TPSA) is 46.6 Å². The Hall–Kier alpha value is -2.05. The molecule has 2 heterocycles. The Balaban J connectivity index is 2.03. The van der Waals surface area contributed by atoms with E-state index in [0.29, 0.717) is 5.56 Å². The second kappa shape index (κ2) is 5.24. The second-order valence-electron chi connectivity index (χ2n) is 7.76. The van der Waals surface area contributed by atoms with Crippen LogP contribution in [0, 0.1) is 17.8 Å². The molecule has 4 nitrogen and oxygen atoms in total. The third-order valence-corrected chi connectivity index (χ3v) is 6.65. The van der Waals surface area contributed by atoms with Crippen LogP contribution in [-0.4, -0.2) is 35.6 Å². The molecule has 6 atom stereocenters. The van der Waals surface area contributed by atoms with Crippen LogP contribution in [0.5, 0.6) is 0 Å². The number of amides is 1. The maximum Gasteiger partial charge on any atom is 0.471 e. The summed E-state index contributed by atoms with van der Waals surface area (Å²) in [6, 6.07) is 6.46. The van der Waals surface area contributed by atoms with E-state index in [0.717, 1.165) is 10.5 Å². The van der Waals surface area contributed by atoms with Crippen LogP contribution in [0.25, 0.3) is 0 Å². The SMILES string of the molecule is COC(=O)[C@]12C[C@@H](C)[C@H]3[C@@H](C)[C@H](c4ccccc4[C@H]31)N2C(=O)C(F)(F)F. The van der Waals surface area contributed by atoms with Crippen LogP contribution < -0.4 is 0 Å². The molecular weight excluding hydrogens is 347 g/mol. The predicted octanol–water partition coefficient (Wildman–Crippen LogP) is 3.43. The van der Waals surface area contributed by atoms with Gasteiger partial charge in [-0.1, -0.05) is 38.1 Å². The number of piperidine rings is 1. The minimum absolute atomic E-state index is 0.0102. The molecule has 0 spiro atoms. The van der Waals surface area contributed by atoms with Gasteiger partial charge in [-0.3, -0.25) is 4.79 Å². The first-order valence-corrected chi connectivity index (χ1v) is 8.74. The number of carbonyl (C=O) groups is 2. The summed E-state index contributed by atoms with van der Waals surface area (Å²) in [4.78, 5) is 26.2. The Bertz CT molecular complexity index is 792. The van der Waals surface area contributed by atoms with E-state index in [2.05, 4.69) is 0 Å². The van der Waals surface area contributed by atoms with Crippen molar-refractivity contribution in [1.82, 2.24) is 4.90 Å². The van der Waals surface area contributed by atoms with Gasteiger partial charge >= 0.3 is 18.1 Å². The van der Waals surface area contributed by atoms with Crippen LogP contribution in [0.15, 0.2) is 24.3 Å². The summed E-state index contributed by atoms with van der Waals surface area (Å²) < 4.78 is 45.4. The lowest BCUT2D eigenvalue weighted by atomic mass is 9.58. The third-order valence-electron chi connectivity index (χ3n) is 6.65. The molecule has 1 amide bonds. The number of nitrogens with zero attached hydrogens (tertiary/aromatic N) is 1. The van der Waals surface area contributed by atoms with E-state index >= 15 is 0 Å². The number of methoxy groups -OCH3 is 1. The van der Waals surface area contributed by atoms with Crippen molar-refractivity contribution in [2.24, 2.45) is 17.8 Å². The van der Waals surface area contributed by atoms with E-state index < -0.39 is 35.6 Å². The summed E-state index contributed by atoms with van der Waals surface area (Å²) in [6.45, 7) is 3.84. The highest BCUT2D eigenvalue weighted by Gasteiger charge is 2.73. The standard InChI is InChI=1S/C19H20F3NO3/c1-9-8-18(17(25)26-3)14-11-6-4-5-7-12(11)15(10(2)13(9)14)23(18)16(24)19(20,21)22/h4-7,9-10,13-15H,8H2,1-3H3/t9-,10-,13+,14-,15-,18+/m1/s1. The summed E-state index contributed by atoms with van der Waals surface area (Å²) in [6.07, 6.45) is -4.86. The molecule has 5 rings (SSSR count). The Morgan fingerprint density at radius 1 is 1.19 bits per heavy atom. The van der Waals surface area contributed by atoms with Crippen molar-refractivity contribution in [3.8, 4) is 0 Å². The molecule has 1 aromatic rings. The van der Waals surface area contributed by atoms with Crippen molar-refractivity contribution >= 4 is 11.9 Å². The molecule has 0 N–H and O–H groups in total. The van der Waals surface area contributed by atoms with Gasteiger partial charge in [0.05, 0.1) is 13.2 Å². The second-order valence-corrected chi connectivity index (χ2v) is 7.76. The molecule has 2 aliphatic carbocycles. The minimum atomic E-state index is -5.05. The monoisotopic (exact) mass is 367 g/mol. The number of hydrogen-bond donors (Lipinski definition) is 0. The number of halogens is 3. The number of rotatable bonds is 1. The van der Waals surface area contributed by atoms with Crippen molar-refractivity contribution in [3.63, 3.8) is 0 Å². The zero-order valence-electron chi connectivity index (χ0n) is 14.7. The van der Waals surface area contributed by atoms with Crippen molar-refractivity contribution in [1.29, 1.82) is 0 Å². The zero-order chi connectivity index (χ0) is 19.0. The summed E-state index contributed by atoms with van der Waals surface area (Å²) >= 11 is 0. The first-order valence-electron chi connectivity index (χ1n) is 8.74. The van der Waals surface area contributed by atoms with Crippen LogP contribution in [0.2, 0.25) is 0 Å². The highest BCUT2D eigenvalue weighted by Crippen LogP contribution is 2.69. The maximum atomic E-state index is 13.5. The lowest BCUT2D eigenvalue weighted by Gasteiger charge is -2.59. The molecule has 26 heavy (non-hydrogen) atoms. The largest absolute Gasteiger partial charge is 0.471 e. The normalized spacial score (nSPS) is 37.5. The molecule has 1 aromatic carbocycles. The third kappa shape index (κ3) is 1.86. The van der Waals surface area contributed by atoms with Crippen molar-refractivity contribution in [3.05, 3.63) is 35.4 Å². The number of ether oxygens (including phenoxy) is 1. The number of carbonyl (C=O) groups excluding carboxylic acids is 2. The molecule has 0 aromatic heterocycles. The summed E-state index contributed by atoms with van der Waals surface area (Å²) in [5.74, 6) is -3.31. The first-order chi connectivity index (χ1) is 12.2. The highest BCUT2D eigenvalue weighted by atomic mass is 19.4. The lowest BCUT2D eigenvalue weighted by molar-refractivity contribution is -0.208. The van der Waals surface area contributed by atoms with E-state index in [1.54, 1.807) is 12.1 Å². The van der Waals surface area contributed by atoms with E-state index in [1.165, 1.54) is 7.11 Å². The molecule has 0 unspecified atom stereocenters. The molecule has 0 radical (unpaired) electrons. The number of hydrogen-bond acceptors (Lipinski definition) is 3. The van der Waals surface area contributed by atoms with Crippen LogP contribution in [0.3, 0.4) is 0 Å². The van der Waals surface area contributed by atoms with Gasteiger partial charge in [-0.05, 0) is 35.3 Å². The van der Waals surface area contributed by atoms with Gasteiger partial charge in [-0.15, -0.1) is 0 Å². The minimum Gasteiger partial charge on any atom is -0.467 e. The van der Waals surface area contributed by atoms with Gasteiger partial charge < -0.3 is 9.64 Å². The van der Waals surface area contributed by atoms with Gasteiger partial charge in [0.25, 0.3) is 0 Å². The first kappa shape index (κ1) is 17.4. The molecule has 1 saturated carbocycles. The molecule has 140 valence electrons. The van der Waals surface area contributed by atoms with Crippen LogP contribution in [0.1, 0.15) is 43.4 Å². The lowest BCUT2D eigenvalue weighted by Crippen LogP contribution is -2.69. The summed E-state index contributed by atoms with van der Waals surface area (Å²) in [5, 5.41) is 0. The number of alkyl halides is 3. The Labute approximate surface area is 149 Å². The molecule has 1 saturated heterocycles. The smallest absolute Gasteiger partial charge is 0.467 e. The van der Waals surface area contributed by atoms with Crippen LogP contribution >= 0.6 is 0 Å². The highest BCUT2D eigenvalue weighted by molar-refractivity contribution is 5.93. The van der Waals surface area contributed by atoms with E-state index in [9.17, 15) is 22.8 Å². The molecule has 4 bridgehead atoms. The Kier molecular flexibility index (Phi) is 3.50. The fourth-order valence-corrected chi connectivity index (χ4v) is 6.04. The fraction of sp³-hybridized carbons (Fsp3) is 0.579. The number of benzene rings is 1. The maximum absolute atomic E-state index is 13.5. The Morgan fingerprint density at radius 3 is 2.38 bits per heavy atom. The molecule has 2 fully saturated rings. The van der Waals surface area contributed by atoms with E-state index in [1.807, 2.05) is 26.0 Å². The van der Waals surface area contributed by atoms with Gasteiger partial charge in [-0.25, -0.2) is 4.79 Å². The molecule has 4 aliphatic rings. The summed E-state index contributed by atoms with van der Waals surface area (Å²) in [7, 11) is 1.17. The van der Waals surface area contributed by atoms with E-state index in [-0.39, 0.29) is 24.2 Å². The number of esters is 1. The average molecular weight is 367 g/mol. The molecule has 2 aliphatic heterocycles. The van der Waals surface area contributed by atoms with Crippen molar-refractivity contribution in [2.45, 2.75) is 43.9 Å². The van der Waals surface area contributed by atoms with E-state index in [4.69, 9.17) is 4.74 Å². The van der Waals surface area contributed by atoms with Gasteiger partial charge in [0.2, 0.25) is 0 Å². The van der Waals surface area contributed by atoms with Crippen LogP contribution in [0.4, 0.5) is 13.2 Å². The summed E-state index contributed by atoms with van der Waals surface area (Å²) in [5.41, 5.74) is 0.00537. The fourth-order valence-electron chi connectivity index (χ4n) is 6.04. The molecule has 7 heteroatoms.